The highest BCUT2D eigenvalue weighted by Crippen LogP contribution is 2.25. The van der Waals surface area contributed by atoms with Crippen molar-refractivity contribution in [2.75, 3.05) is 20.2 Å². The monoisotopic (exact) mass is 468 g/mol. The molecule has 1 fully saturated rings. The van der Waals surface area contributed by atoms with Gasteiger partial charge in [0.25, 0.3) is 5.91 Å². The van der Waals surface area contributed by atoms with Gasteiger partial charge in [0, 0.05) is 18.5 Å². The average Bonchev–Trinajstić information content (AvgIpc) is 3.33. The lowest BCUT2D eigenvalue weighted by atomic mass is 10.0. The Morgan fingerprint density at radius 3 is 2.54 bits per heavy atom. The van der Waals surface area contributed by atoms with Gasteiger partial charge >= 0.3 is 0 Å². The molecule has 2 amide bonds. The van der Waals surface area contributed by atoms with Crippen LogP contribution in [-0.4, -0.2) is 47.9 Å². The lowest BCUT2D eigenvalue weighted by molar-refractivity contribution is -0.139. The minimum absolute atomic E-state index is 0.0294. The van der Waals surface area contributed by atoms with Crippen molar-refractivity contribution >= 4 is 22.8 Å². The van der Waals surface area contributed by atoms with Gasteiger partial charge in [-0.3, -0.25) is 9.59 Å². The molecule has 0 radical (unpaired) electrons. The number of benzene rings is 3. The Morgan fingerprint density at radius 2 is 1.74 bits per heavy atom. The van der Waals surface area contributed by atoms with Crippen molar-refractivity contribution < 1.29 is 18.7 Å². The number of carbonyl (C=O) groups excluding carboxylic acids is 2. The number of para-hydroxylation sites is 1. The van der Waals surface area contributed by atoms with Crippen molar-refractivity contribution in [1.29, 1.82) is 0 Å². The Morgan fingerprint density at radius 1 is 0.971 bits per heavy atom. The number of fused-ring (bicyclic) bond motifs is 1. The first-order valence-corrected chi connectivity index (χ1v) is 11.8. The van der Waals surface area contributed by atoms with E-state index in [0.29, 0.717) is 18.7 Å². The topological polar surface area (TPSA) is 63.0 Å². The molecule has 1 aromatic heterocycles. The Balaban J connectivity index is 1.38. The number of carbonyl (C=O) groups is 2. The van der Waals surface area contributed by atoms with E-state index in [-0.39, 0.29) is 30.2 Å². The normalized spacial score (nSPS) is 16.0. The number of ether oxygens (including phenoxy) is 1. The van der Waals surface area contributed by atoms with Crippen LogP contribution in [0.25, 0.3) is 11.0 Å². The third-order valence-corrected chi connectivity index (χ3v) is 6.54. The van der Waals surface area contributed by atoms with Crippen LogP contribution in [0.4, 0.5) is 0 Å². The van der Waals surface area contributed by atoms with Crippen LogP contribution in [0.5, 0.6) is 5.75 Å². The van der Waals surface area contributed by atoms with Gasteiger partial charge in [0.05, 0.1) is 13.2 Å². The van der Waals surface area contributed by atoms with Gasteiger partial charge in [-0.1, -0.05) is 60.7 Å². The third kappa shape index (κ3) is 5.06. The zero-order chi connectivity index (χ0) is 24.2. The summed E-state index contributed by atoms with van der Waals surface area (Å²) in [5, 5.41) is 0.875. The van der Waals surface area contributed by atoms with Crippen LogP contribution in [-0.2, 0) is 17.8 Å². The van der Waals surface area contributed by atoms with E-state index in [1.165, 1.54) is 5.56 Å². The second kappa shape index (κ2) is 10.1. The smallest absolute Gasteiger partial charge is 0.290 e. The Labute approximate surface area is 204 Å². The largest absolute Gasteiger partial charge is 0.497 e. The van der Waals surface area contributed by atoms with Gasteiger partial charge in [-0.15, -0.1) is 0 Å². The summed E-state index contributed by atoms with van der Waals surface area (Å²) in [6, 6.07) is 27.2. The third-order valence-electron chi connectivity index (χ3n) is 6.54. The van der Waals surface area contributed by atoms with Crippen molar-refractivity contribution in [1.82, 2.24) is 9.80 Å². The molecule has 0 unspecified atom stereocenters. The molecular weight excluding hydrogens is 440 g/mol. The molecule has 35 heavy (non-hydrogen) atoms. The number of piperazine rings is 1. The minimum Gasteiger partial charge on any atom is -0.497 e. The maximum atomic E-state index is 13.4. The molecule has 178 valence electrons. The zero-order valence-electron chi connectivity index (χ0n) is 19.7. The maximum absolute atomic E-state index is 13.4. The van der Waals surface area contributed by atoms with Crippen LogP contribution in [0.2, 0.25) is 0 Å². The lowest BCUT2D eigenvalue weighted by Gasteiger charge is -2.41. The number of hydrogen-bond acceptors (Lipinski definition) is 4. The number of rotatable bonds is 7. The molecule has 0 spiro atoms. The molecule has 0 N–H and O–H groups in total. The van der Waals surface area contributed by atoms with E-state index in [1.807, 2.05) is 71.6 Å². The molecule has 1 atom stereocenters. The molecular formula is C29H28N2O4. The number of methoxy groups -OCH3 is 1. The van der Waals surface area contributed by atoms with Crippen LogP contribution < -0.4 is 4.74 Å². The van der Waals surface area contributed by atoms with Crippen LogP contribution in [0, 0.1) is 0 Å². The molecule has 6 nitrogen and oxygen atoms in total. The summed E-state index contributed by atoms with van der Waals surface area (Å²) in [5.74, 6) is 0.707. The first-order chi connectivity index (χ1) is 17.1. The van der Waals surface area contributed by atoms with E-state index in [1.54, 1.807) is 18.1 Å². The molecule has 2 heterocycles. The van der Waals surface area contributed by atoms with Crippen molar-refractivity contribution in [3.05, 3.63) is 102 Å². The van der Waals surface area contributed by atoms with Gasteiger partial charge in [0.2, 0.25) is 5.91 Å². The highest BCUT2D eigenvalue weighted by Gasteiger charge is 2.35. The summed E-state index contributed by atoms with van der Waals surface area (Å²) in [6.45, 7) is 0.961. The Kier molecular flexibility index (Phi) is 6.53. The van der Waals surface area contributed by atoms with Gasteiger partial charge < -0.3 is 19.0 Å². The molecule has 3 aromatic carbocycles. The summed E-state index contributed by atoms with van der Waals surface area (Å²) < 4.78 is 11.2. The second-order valence-electron chi connectivity index (χ2n) is 8.89. The van der Waals surface area contributed by atoms with Gasteiger partial charge in [0.1, 0.15) is 17.9 Å². The fourth-order valence-electron chi connectivity index (χ4n) is 4.68. The van der Waals surface area contributed by atoms with Gasteiger partial charge in [-0.2, -0.15) is 0 Å². The fourth-order valence-corrected chi connectivity index (χ4v) is 4.68. The van der Waals surface area contributed by atoms with Gasteiger partial charge in [-0.25, -0.2) is 0 Å². The number of furan rings is 1. The van der Waals surface area contributed by atoms with Crippen molar-refractivity contribution in [2.24, 2.45) is 0 Å². The first kappa shape index (κ1) is 22.7. The SMILES string of the molecule is COc1cccc(CN2C(=O)CN(C(=O)c3cc4ccccc4o3)C[C@@H]2CCc2ccccc2)c1. The summed E-state index contributed by atoms with van der Waals surface area (Å²) in [5.41, 5.74) is 2.88. The molecule has 6 heteroatoms. The summed E-state index contributed by atoms with van der Waals surface area (Å²) in [4.78, 5) is 30.2. The van der Waals surface area contributed by atoms with Crippen LogP contribution in [0.1, 0.15) is 28.1 Å². The molecule has 1 aliphatic rings. The van der Waals surface area contributed by atoms with Gasteiger partial charge in [-0.05, 0) is 48.2 Å². The fraction of sp³-hybridized carbons (Fsp3) is 0.241. The number of aryl methyl sites for hydroxylation is 1. The van der Waals surface area contributed by atoms with Crippen molar-refractivity contribution in [2.45, 2.75) is 25.4 Å². The molecule has 0 bridgehead atoms. The van der Waals surface area contributed by atoms with E-state index >= 15 is 0 Å². The number of amides is 2. The predicted octanol–water partition coefficient (Wildman–Crippen LogP) is 4.93. The summed E-state index contributed by atoms with van der Waals surface area (Å²) in [6.07, 6.45) is 1.57. The van der Waals surface area contributed by atoms with E-state index in [4.69, 9.17) is 9.15 Å². The molecule has 4 aromatic rings. The van der Waals surface area contributed by atoms with Crippen LogP contribution in [0.15, 0.2) is 89.3 Å². The minimum atomic E-state index is -0.250. The van der Waals surface area contributed by atoms with E-state index < -0.39 is 0 Å². The summed E-state index contributed by atoms with van der Waals surface area (Å²) in [7, 11) is 1.63. The average molecular weight is 469 g/mol. The van der Waals surface area contributed by atoms with Crippen molar-refractivity contribution in [3.8, 4) is 5.75 Å². The quantitative estimate of drug-likeness (QED) is 0.386. The standard InChI is InChI=1S/C29H28N2O4/c1-34-25-12-7-10-22(16-25)18-31-24(15-14-21-8-3-2-4-9-21)19-30(20-28(31)32)29(33)27-17-23-11-5-6-13-26(23)35-27/h2-13,16-17,24H,14-15,18-20H2,1H3/t24-/m0/s1. The Bertz CT molecular complexity index is 1300. The van der Waals surface area contributed by atoms with Crippen LogP contribution >= 0.6 is 0 Å². The maximum Gasteiger partial charge on any atom is 0.290 e. The molecule has 0 saturated carbocycles. The lowest BCUT2D eigenvalue weighted by Crippen LogP contribution is -2.57. The first-order valence-electron chi connectivity index (χ1n) is 11.8. The van der Waals surface area contributed by atoms with Crippen LogP contribution in [0.3, 0.4) is 0 Å². The van der Waals surface area contributed by atoms with Gasteiger partial charge in [0.15, 0.2) is 5.76 Å². The molecule has 1 saturated heterocycles. The highest BCUT2D eigenvalue weighted by atomic mass is 16.5. The van der Waals surface area contributed by atoms with E-state index in [0.717, 1.165) is 29.5 Å². The second-order valence-corrected chi connectivity index (χ2v) is 8.89. The van der Waals surface area contributed by atoms with E-state index in [9.17, 15) is 9.59 Å². The predicted molar refractivity (Wildman–Crippen MR) is 134 cm³/mol. The number of hydrogen-bond donors (Lipinski definition) is 0. The molecule has 1 aliphatic heterocycles. The number of nitrogens with zero attached hydrogens (tertiary/aromatic N) is 2. The highest BCUT2D eigenvalue weighted by molar-refractivity contribution is 5.98. The van der Waals surface area contributed by atoms with Crippen molar-refractivity contribution in [3.63, 3.8) is 0 Å². The zero-order valence-corrected chi connectivity index (χ0v) is 19.7. The van der Waals surface area contributed by atoms with E-state index in [2.05, 4.69) is 12.1 Å². The molecule has 0 aliphatic carbocycles. The Hall–Kier alpha value is -4.06. The summed E-state index contributed by atoms with van der Waals surface area (Å²) >= 11 is 0. The molecule has 5 rings (SSSR count).